The molecule has 0 aliphatic rings. The maximum absolute atomic E-state index is 12.5. The van der Waals surface area contributed by atoms with Crippen LogP contribution in [0.3, 0.4) is 0 Å². The summed E-state index contributed by atoms with van der Waals surface area (Å²) in [7, 11) is 0. The van der Waals surface area contributed by atoms with E-state index < -0.39 is 6.10 Å². The van der Waals surface area contributed by atoms with Gasteiger partial charge in [-0.05, 0) is 32.0 Å². The second-order valence-electron chi connectivity index (χ2n) is 5.36. The summed E-state index contributed by atoms with van der Waals surface area (Å²) >= 11 is 1.26. The van der Waals surface area contributed by atoms with Gasteiger partial charge in [0.2, 0.25) is 0 Å². The molecule has 4 N–H and O–H groups in total. The van der Waals surface area contributed by atoms with Crippen molar-refractivity contribution in [2.75, 3.05) is 11.1 Å². The summed E-state index contributed by atoms with van der Waals surface area (Å²) < 4.78 is 0. The van der Waals surface area contributed by atoms with Gasteiger partial charge in [-0.1, -0.05) is 18.2 Å². The summed E-state index contributed by atoms with van der Waals surface area (Å²) in [5, 5.41) is 13.3. The Morgan fingerprint density at radius 1 is 1.35 bits per heavy atom. The number of carbonyl (C=O) groups is 1. The molecule has 5 nitrogen and oxygen atoms in total. The number of para-hydroxylation sites is 1. The number of nitrogens with zero attached hydrogens (tertiary/aromatic N) is 1. The molecule has 1 unspecified atom stereocenters. The molecule has 1 aromatic carbocycles. The molecule has 0 spiro atoms. The van der Waals surface area contributed by atoms with Crippen molar-refractivity contribution in [1.29, 1.82) is 0 Å². The van der Waals surface area contributed by atoms with E-state index in [1.807, 2.05) is 43.3 Å². The van der Waals surface area contributed by atoms with Crippen LogP contribution < -0.4 is 11.1 Å². The van der Waals surface area contributed by atoms with Crippen molar-refractivity contribution in [1.82, 2.24) is 4.98 Å². The molecular weight excluding hydrogens is 310 g/mol. The number of hydrogen-bond acceptors (Lipinski definition) is 5. The highest BCUT2D eigenvalue weighted by molar-refractivity contribution is 7.21. The molecule has 0 saturated heterocycles. The van der Waals surface area contributed by atoms with Crippen molar-refractivity contribution in [3.05, 3.63) is 52.5 Å². The summed E-state index contributed by atoms with van der Waals surface area (Å²) in [6.07, 6.45) is -0.632. The Hall–Kier alpha value is -2.44. The van der Waals surface area contributed by atoms with E-state index in [1.165, 1.54) is 11.3 Å². The second-order valence-corrected chi connectivity index (χ2v) is 6.36. The molecule has 3 aromatic rings. The maximum atomic E-state index is 12.5. The van der Waals surface area contributed by atoms with Crippen LogP contribution in [0, 0.1) is 6.92 Å². The fourth-order valence-electron chi connectivity index (χ4n) is 2.44. The van der Waals surface area contributed by atoms with Gasteiger partial charge in [0.05, 0.1) is 11.8 Å². The SMILES string of the molecule is Cc1nc2sc(C(=O)Nc3ccccc3)c(N)c2cc1C(C)O. The zero-order valence-electron chi connectivity index (χ0n) is 12.8. The Kier molecular flexibility index (Phi) is 4.02. The summed E-state index contributed by atoms with van der Waals surface area (Å²) in [4.78, 5) is 18.0. The van der Waals surface area contributed by atoms with Crippen molar-refractivity contribution in [3.63, 3.8) is 0 Å². The van der Waals surface area contributed by atoms with E-state index in [4.69, 9.17) is 5.73 Å². The number of thiophene rings is 1. The molecule has 2 aromatic heterocycles. The lowest BCUT2D eigenvalue weighted by Crippen LogP contribution is -2.11. The first-order valence-electron chi connectivity index (χ1n) is 7.21. The quantitative estimate of drug-likeness (QED) is 0.687. The standard InChI is InChI=1S/C17H17N3O2S/c1-9-12(10(2)21)8-13-14(18)15(23-17(13)19-9)16(22)20-11-6-4-3-5-7-11/h3-8,10,21H,18H2,1-2H3,(H,20,22). The van der Waals surface area contributed by atoms with Crippen LogP contribution in [0.25, 0.3) is 10.2 Å². The summed E-state index contributed by atoms with van der Waals surface area (Å²) in [6.45, 7) is 3.52. The number of carbonyl (C=O) groups excluding carboxylic acids is 1. The average molecular weight is 327 g/mol. The number of aryl methyl sites for hydroxylation is 1. The first kappa shape index (κ1) is 15.5. The Balaban J connectivity index is 2.02. The molecule has 1 amide bonds. The van der Waals surface area contributed by atoms with E-state index in [0.29, 0.717) is 26.5 Å². The Morgan fingerprint density at radius 3 is 2.70 bits per heavy atom. The number of aliphatic hydroxyl groups is 1. The van der Waals surface area contributed by atoms with Crippen molar-refractivity contribution in [2.24, 2.45) is 0 Å². The van der Waals surface area contributed by atoms with Gasteiger partial charge in [-0.3, -0.25) is 4.79 Å². The number of nitrogen functional groups attached to an aromatic ring is 1. The Labute approximate surface area is 137 Å². The number of nitrogens with two attached hydrogens (primary N) is 1. The maximum Gasteiger partial charge on any atom is 0.267 e. The molecule has 23 heavy (non-hydrogen) atoms. The average Bonchev–Trinajstić information content (AvgIpc) is 2.83. The van der Waals surface area contributed by atoms with E-state index in [1.54, 1.807) is 6.92 Å². The minimum Gasteiger partial charge on any atom is -0.397 e. The van der Waals surface area contributed by atoms with Gasteiger partial charge in [0.15, 0.2) is 0 Å². The molecule has 6 heteroatoms. The van der Waals surface area contributed by atoms with Gasteiger partial charge < -0.3 is 16.2 Å². The number of pyridine rings is 1. The summed E-state index contributed by atoms with van der Waals surface area (Å²) in [6, 6.07) is 11.0. The molecule has 0 radical (unpaired) electrons. The minimum atomic E-state index is -0.632. The fraction of sp³-hybridized carbons (Fsp3) is 0.176. The third kappa shape index (κ3) is 2.91. The van der Waals surface area contributed by atoms with Crippen molar-refractivity contribution in [3.8, 4) is 0 Å². The van der Waals surface area contributed by atoms with Crippen LogP contribution >= 0.6 is 11.3 Å². The van der Waals surface area contributed by atoms with E-state index in [-0.39, 0.29) is 5.91 Å². The third-order valence-electron chi connectivity index (χ3n) is 3.64. The lowest BCUT2D eigenvalue weighted by molar-refractivity contribution is 0.103. The smallest absolute Gasteiger partial charge is 0.267 e. The van der Waals surface area contributed by atoms with E-state index in [9.17, 15) is 9.90 Å². The van der Waals surface area contributed by atoms with Crippen molar-refractivity contribution < 1.29 is 9.90 Å². The number of hydrogen-bond donors (Lipinski definition) is 3. The molecule has 118 valence electrons. The number of nitrogens with one attached hydrogen (secondary N) is 1. The number of rotatable bonds is 3. The van der Waals surface area contributed by atoms with Gasteiger partial charge in [-0.25, -0.2) is 4.98 Å². The molecular formula is C17H17N3O2S. The largest absolute Gasteiger partial charge is 0.397 e. The van der Waals surface area contributed by atoms with Gasteiger partial charge in [0.1, 0.15) is 9.71 Å². The monoisotopic (exact) mass is 327 g/mol. The molecule has 0 aliphatic heterocycles. The molecule has 0 bridgehead atoms. The third-order valence-corrected chi connectivity index (χ3v) is 4.75. The van der Waals surface area contributed by atoms with E-state index in [0.717, 1.165) is 11.3 Å². The number of aliphatic hydroxyl groups excluding tert-OH is 1. The van der Waals surface area contributed by atoms with Crippen molar-refractivity contribution >= 4 is 38.8 Å². The van der Waals surface area contributed by atoms with Crippen LogP contribution in [0.1, 0.15) is 34.0 Å². The van der Waals surface area contributed by atoms with Gasteiger partial charge in [-0.15, -0.1) is 11.3 Å². The minimum absolute atomic E-state index is 0.257. The highest BCUT2D eigenvalue weighted by Gasteiger charge is 2.19. The molecule has 0 saturated carbocycles. The zero-order valence-corrected chi connectivity index (χ0v) is 13.6. The normalized spacial score (nSPS) is 12.3. The highest BCUT2D eigenvalue weighted by Crippen LogP contribution is 2.35. The zero-order chi connectivity index (χ0) is 16.6. The van der Waals surface area contributed by atoms with E-state index >= 15 is 0 Å². The van der Waals surface area contributed by atoms with E-state index in [2.05, 4.69) is 10.3 Å². The van der Waals surface area contributed by atoms with Gasteiger partial charge in [-0.2, -0.15) is 0 Å². The summed E-state index contributed by atoms with van der Waals surface area (Å²) in [5.41, 5.74) is 8.71. The van der Waals surface area contributed by atoms with Crippen LogP contribution in [0.4, 0.5) is 11.4 Å². The topological polar surface area (TPSA) is 88.2 Å². The molecule has 3 rings (SSSR count). The summed E-state index contributed by atoms with van der Waals surface area (Å²) in [5.74, 6) is -0.257. The number of benzene rings is 1. The van der Waals surface area contributed by atoms with Crippen LogP contribution in [0.5, 0.6) is 0 Å². The predicted molar refractivity (Wildman–Crippen MR) is 93.8 cm³/mol. The number of fused-ring (bicyclic) bond motifs is 1. The second kappa shape index (κ2) is 5.98. The highest BCUT2D eigenvalue weighted by atomic mass is 32.1. The Morgan fingerprint density at radius 2 is 2.04 bits per heavy atom. The van der Waals surface area contributed by atoms with Gasteiger partial charge >= 0.3 is 0 Å². The first-order chi connectivity index (χ1) is 11.0. The van der Waals surface area contributed by atoms with Crippen molar-refractivity contribution in [2.45, 2.75) is 20.0 Å². The van der Waals surface area contributed by atoms with Crippen LogP contribution in [-0.4, -0.2) is 16.0 Å². The number of anilines is 2. The van der Waals surface area contributed by atoms with Crippen LogP contribution in [-0.2, 0) is 0 Å². The van der Waals surface area contributed by atoms with Crippen LogP contribution in [0.2, 0.25) is 0 Å². The molecule has 1 atom stereocenters. The van der Waals surface area contributed by atoms with Crippen LogP contribution in [0.15, 0.2) is 36.4 Å². The molecule has 2 heterocycles. The van der Waals surface area contributed by atoms with Gasteiger partial charge in [0.25, 0.3) is 5.91 Å². The predicted octanol–water partition coefficient (Wildman–Crippen LogP) is 3.49. The van der Waals surface area contributed by atoms with Gasteiger partial charge in [0, 0.05) is 22.3 Å². The lowest BCUT2D eigenvalue weighted by Gasteiger charge is -2.08. The molecule has 0 fully saturated rings. The first-order valence-corrected chi connectivity index (χ1v) is 8.03. The fourth-order valence-corrected chi connectivity index (χ4v) is 3.46. The molecule has 0 aliphatic carbocycles. The Bertz CT molecular complexity index is 872. The number of amides is 1. The number of aromatic nitrogens is 1. The lowest BCUT2D eigenvalue weighted by atomic mass is 10.1.